The van der Waals surface area contributed by atoms with Crippen molar-refractivity contribution in [2.45, 2.75) is 26.3 Å². The van der Waals surface area contributed by atoms with Gasteiger partial charge in [0.05, 0.1) is 26.9 Å². The van der Waals surface area contributed by atoms with Gasteiger partial charge in [-0.05, 0) is 49.6 Å². The van der Waals surface area contributed by atoms with Crippen LogP contribution in [0.3, 0.4) is 0 Å². The van der Waals surface area contributed by atoms with Gasteiger partial charge in [-0.2, -0.15) is 0 Å². The normalized spacial score (nSPS) is 16.4. The lowest BCUT2D eigenvalue weighted by Crippen LogP contribution is -2.31. The van der Waals surface area contributed by atoms with Gasteiger partial charge in [0.25, 0.3) is 0 Å². The summed E-state index contributed by atoms with van der Waals surface area (Å²) in [5.41, 5.74) is 4.90. The third-order valence-electron chi connectivity index (χ3n) is 4.48. The molecule has 1 unspecified atom stereocenters. The standard InChI is InChI=1S/C20H25NO3/c1-5-24-19-12-15-14(11-18(19)23-4)8-9-21-20(15)16-10-13(2)6-7-17(16)22-3/h6-7,10-12,20-21H,5,8-9H2,1-4H3. The molecule has 0 aliphatic carbocycles. The van der Waals surface area contributed by atoms with Crippen LogP contribution in [0.5, 0.6) is 17.2 Å². The Balaban J connectivity index is 2.11. The van der Waals surface area contributed by atoms with Gasteiger partial charge in [0, 0.05) is 12.1 Å². The Hall–Kier alpha value is -2.20. The summed E-state index contributed by atoms with van der Waals surface area (Å²) in [6, 6.07) is 10.6. The summed E-state index contributed by atoms with van der Waals surface area (Å²) in [5.74, 6) is 2.49. The molecule has 0 fully saturated rings. The number of fused-ring (bicyclic) bond motifs is 1. The van der Waals surface area contributed by atoms with Crippen molar-refractivity contribution in [3.05, 3.63) is 52.6 Å². The number of methoxy groups -OCH3 is 2. The highest BCUT2D eigenvalue weighted by molar-refractivity contribution is 5.53. The van der Waals surface area contributed by atoms with Crippen LogP contribution in [0.25, 0.3) is 0 Å². The van der Waals surface area contributed by atoms with E-state index in [0.717, 1.165) is 35.8 Å². The summed E-state index contributed by atoms with van der Waals surface area (Å²) in [6.45, 7) is 5.62. The van der Waals surface area contributed by atoms with E-state index >= 15 is 0 Å². The van der Waals surface area contributed by atoms with Crippen molar-refractivity contribution < 1.29 is 14.2 Å². The highest BCUT2D eigenvalue weighted by Crippen LogP contribution is 2.40. The first-order chi connectivity index (χ1) is 11.7. The molecule has 24 heavy (non-hydrogen) atoms. The predicted octanol–water partition coefficient (Wildman–Crippen LogP) is 3.65. The second-order valence-corrected chi connectivity index (χ2v) is 6.02. The topological polar surface area (TPSA) is 39.7 Å². The molecule has 1 N–H and O–H groups in total. The van der Waals surface area contributed by atoms with E-state index < -0.39 is 0 Å². The number of aryl methyl sites for hydroxylation is 1. The van der Waals surface area contributed by atoms with Gasteiger partial charge in [0.1, 0.15) is 5.75 Å². The molecule has 0 aromatic heterocycles. The summed E-state index contributed by atoms with van der Waals surface area (Å²) >= 11 is 0. The molecule has 1 aliphatic rings. The van der Waals surface area contributed by atoms with E-state index in [0.29, 0.717) is 6.61 Å². The SMILES string of the molecule is CCOc1cc2c(cc1OC)CCNC2c1cc(C)ccc1OC. The predicted molar refractivity (Wildman–Crippen MR) is 95.4 cm³/mol. The molecule has 0 radical (unpaired) electrons. The molecule has 4 heteroatoms. The van der Waals surface area contributed by atoms with E-state index in [4.69, 9.17) is 14.2 Å². The lowest BCUT2D eigenvalue weighted by molar-refractivity contribution is 0.309. The van der Waals surface area contributed by atoms with Crippen molar-refractivity contribution in [1.82, 2.24) is 5.32 Å². The Morgan fingerprint density at radius 1 is 1.00 bits per heavy atom. The van der Waals surface area contributed by atoms with E-state index in [1.54, 1.807) is 14.2 Å². The van der Waals surface area contributed by atoms with Crippen LogP contribution in [0, 0.1) is 6.92 Å². The maximum Gasteiger partial charge on any atom is 0.161 e. The van der Waals surface area contributed by atoms with Crippen LogP contribution in [-0.4, -0.2) is 27.4 Å². The van der Waals surface area contributed by atoms with Gasteiger partial charge in [-0.15, -0.1) is 0 Å². The Morgan fingerprint density at radius 3 is 2.50 bits per heavy atom. The fraction of sp³-hybridized carbons (Fsp3) is 0.400. The molecule has 0 saturated heterocycles. The van der Waals surface area contributed by atoms with Crippen molar-refractivity contribution in [2.24, 2.45) is 0 Å². The summed E-state index contributed by atoms with van der Waals surface area (Å²) in [6.07, 6.45) is 0.975. The minimum absolute atomic E-state index is 0.0914. The van der Waals surface area contributed by atoms with Crippen LogP contribution >= 0.6 is 0 Å². The monoisotopic (exact) mass is 327 g/mol. The number of benzene rings is 2. The van der Waals surface area contributed by atoms with Crippen LogP contribution in [0.1, 0.15) is 35.2 Å². The second kappa shape index (κ2) is 7.14. The van der Waals surface area contributed by atoms with Crippen LogP contribution < -0.4 is 19.5 Å². The quantitative estimate of drug-likeness (QED) is 0.910. The lowest BCUT2D eigenvalue weighted by atomic mass is 9.88. The van der Waals surface area contributed by atoms with Gasteiger partial charge in [-0.1, -0.05) is 17.7 Å². The average Bonchev–Trinajstić information content (AvgIpc) is 2.61. The molecular weight excluding hydrogens is 302 g/mol. The van der Waals surface area contributed by atoms with Crippen molar-refractivity contribution in [3.63, 3.8) is 0 Å². The van der Waals surface area contributed by atoms with Crippen molar-refractivity contribution in [2.75, 3.05) is 27.4 Å². The Morgan fingerprint density at radius 2 is 1.79 bits per heavy atom. The number of rotatable bonds is 5. The van der Waals surface area contributed by atoms with Crippen LogP contribution in [0.4, 0.5) is 0 Å². The molecule has 1 atom stereocenters. The van der Waals surface area contributed by atoms with E-state index in [1.807, 2.05) is 13.0 Å². The smallest absolute Gasteiger partial charge is 0.161 e. The number of ether oxygens (including phenoxy) is 3. The van der Waals surface area contributed by atoms with E-state index in [1.165, 1.54) is 16.7 Å². The van der Waals surface area contributed by atoms with Crippen molar-refractivity contribution in [1.29, 1.82) is 0 Å². The largest absolute Gasteiger partial charge is 0.496 e. The van der Waals surface area contributed by atoms with E-state index in [-0.39, 0.29) is 6.04 Å². The zero-order valence-electron chi connectivity index (χ0n) is 14.8. The highest BCUT2D eigenvalue weighted by atomic mass is 16.5. The molecule has 1 heterocycles. The Kier molecular flexibility index (Phi) is 4.95. The van der Waals surface area contributed by atoms with Crippen LogP contribution in [-0.2, 0) is 6.42 Å². The zero-order chi connectivity index (χ0) is 17.1. The third-order valence-corrected chi connectivity index (χ3v) is 4.48. The van der Waals surface area contributed by atoms with Gasteiger partial charge >= 0.3 is 0 Å². The summed E-state index contributed by atoms with van der Waals surface area (Å²) in [4.78, 5) is 0. The van der Waals surface area contributed by atoms with Gasteiger partial charge in [-0.25, -0.2) is 0 Å². The van der Waals surface area contributed by atoms with Crippen LogP contribution in [0.15, 0.2) is 30.3 Å². The number of hydrogen-bond acceptors (Lipinski definition) is 4. The van der Waals surface area contributed by atoms with Gasteiger partial charge in [0.15, 0.2) is 11.5 Å². The molecule has 3 rings (SSSR count). The first kappa shape index (κ1) is 16.7. The molecule has 2 aromatic carbocycles. The number of nitrogens with one attached hydrogen (secondary N) is 1. The molecule has 2 aromatic rings. The molecule has 0 spiro atoms. The van der Waals surface area contributed by atoms with E-state index in [9.17, 15) is 0 Å². The van der Waals surface area contributed by atoms with Crippen molar-refractivity contribution in [3.8, 4) is 17.2 Å². The maximum atomic E-state index is 5.77. The first-order valence-electron chi connectivity index (χ1n) is 8.39. The minimum atomic E-state index is 0.0914. The van der Waals surface area contributed by atoms with Gasteiger partial charge in [0.2, 0.25) is 0 Å². The van der Waals surface area contributed by atoms with E-state index in [2.05, 4.69) is 36.5 Å². The fourth-order valence-corrected chi connectivity index (χ4v) is 3.35. The molecular formula is C20H25NO3. The van der Waals surface area contributed by atoms with Gasteiger partial charge in [-0.3, -0.25) is 0 Å². The first-order valence-corrected chi connectivity index (χ1v) is 8.39. The summed E-state index contributed by atoms with van der Waals surface area (Å²) < 4.78 is 16.9. The zero-order valence-corrected chi connectivity index (χ0v) is 14.8. The highest BCUT2D eigenvalue weighted by Gasteiger charge is 2.26. The maximum absolute atomic E-state index is 5.77. The molecule has 128 valence electrons. The summed E-state index contributed by atoms with van der Waals surface area (Å²) in [5, 5.41) is 3.62. The van der Waals surface area contributed by atoms with Crippen LogP contribution in [0.2, 0.25) is 0 Å². The Bertz CT molecular complexity index is 727. The lowest BCUT2D eigenvalue weighted by Gasteiger charge is -2.29. The third kappa shape index (κ3) is 3.06. The molecule has 0 amide bonds. The fourth-order valence-electron chi connectivity index (χ4n) is 3.35. The molecule has 0 saturated carbocycles. The van der Waals surface area contributed by atoms with Gasteiger partial charge < -0.3 is 19.5 Å². The Labute approximate surface area is 143 Å². The molecule has 4 nitrogen and oxygen atoms in total. The minimum Gasteiger partial charge on any atom is -0.496 e. The average molecular weight is 327 g/mol. The molecule has 0 bridgehead atoms. The van der Waals surface area contributed by atoms with Crippen molar-refractivity contribution >= 4 is 0 Å². The molecule has 1 aliphatic heterocycles. The second-order valence-electron chi connectivity index (χ2n) is 6.02. The number of hydrogen-bond donors (Lipinski definition) is 1. The summed E-state index contributed by atoms with van der Waals surface area (Å²) in [7, 11) is 3.41.